The van der Waals surface area contributed by atoms with Crippen molar-refractivity contribution in [1.29, 1.82) is 0 Å². The number of benzene rings is 2. The van der Waals surface area contributed by atoms with Crippen molar-refractivity contribution in [3.63, 3.8) is 0 Å². The molecule has 0 bridgehead atoms. The number of aromatic nitrogens is 1. The largest absolute Gasteiger partial charge is 0.439 e. The zero-order chi connectivity index (χ0) is 18.7. The Balaban J connectivity index is 2.01. The molecule has 0 spiro atoms. The number of rotatable bonds is 5. The topological polar surface area (TPSA) is 99.4 Å². The van der Waals surface area contributed by atoms with E-state index in [1.54, 1.807) is 42.5 Å². The Kier molecular flexibility index (Phi) is 4.68. The Labute approximate surface area is 150 Å². The van der Waals surface area contributed by atoms with Gasteiger partial charge < -0.3 is 4.74 Å². The van der Waals surface area contributed by atoms with Crippen molar-refractivity contribution in [2.45, 2.75) is 4.90 Å². The van der Waals surface area contributed by atoms with E-state index in [2.05, 4.69) is 4.98 Å². The first kappa shape index (κ1) is 17.6. The van der Waals surface area contributed by atoms with Crippen molar-refractivity contribution in [3.8, 4) is 22.9 Å². The average molecular weight is 370 g/mol. The van der Waals surface area contributed by atoms with E-state index in [0.717, 1.165) is 6.26 Å². The number of ether oxygens (including phenoxy) is 1. The zero-order valence-electron chi connectivity index (χ0n) is 13.7. The summed E-state index contributed by atoms with van der Waals surface area (Å²) >= 11 is 0. The monoisotopic (exact) mass is 370 g/mol. The summed E-state index contributed by atoms with van der Waals surface area (Å²) in [5.74, 6) is 0.397. The molecule has 26 heavy (non-hydrogen) atoms. The van der Waals surface area contributed by atoms with Gasteiger partial charge in [-0.25, -0.2) is 13.4 Å². The molecule has 7 nitrogen and oxygen atoms in total. The molecule has 0 saturated heterocycles. The number of hydrogen-bond acceptors (Lipinski definition) is 6. The lowest BCUT2D eigenvalue weighted by Crippen LogP contribution is -1.99. The highest BCUT2D eigenvalue weighted by atomic mass is 32.2. The molecule has 0 aliphatic rings. The fourth-order valence-corrected chi connectivity index (χ4v) is 2.99. The number of nitrogens with zero attached hydrogens (tertiary/aromatic N) is 2. The van der Waals surface area contributed by atoms with Gasteiger partial charge in [0.25, 0.3) is 5.69 Å². The smallest absolute Gasteiger partial charge is 0.295 e. The van der Waals surface area contributed by atoms with Crippen LogP contribution in [-0.2, 0) is 9.84 Å². The fourth-order valence-electron chi connectivity index (χ4n) is 2.34. The summed E-state index contributed by atoms with van der Waals surface area (Å²) in [5.41, 5.74) is 0.607. The minimum atomic E-state index is -3.38. The van der Waals surface area contributed by atoms with Gasteiger partial charge in [0.2, 0.25) is 5.88 Å². The SMILES string of the molecule is CS(=O)(=O)c1cccc(Oc2ccc([N+](=O)[O-])c(-c3ccccc3)n2)c1. The molecule has 1 aromatic heterocycles. The van der Waals surface area contributed by atoms with Gasteiger partial charge in [-0.15, -0.1) is 0 Å². The van der Waals surface area contributed by atoms with E-state index in [4.69, 9.17) is 4.74 Å². The van der Waals surface area contributed by atoms with E-state index in [9.17, 15) is 18.5 Å². The molecule has 0 fully saturated rings. The molecule has 3 rings (SSSR count). The summed E-state index contributed by atoms with van der Waals surface area (Å²) in [6.45, 7) is 0. The standard InChI is InChI=1S/C18H14N2O5S/c1-26(23,24)15-9-5-8-14(12-15)25-17-11-10-16(20(21)22)18(19-17)13-6-3-2-4-7-13/h2-12H,1H3. The lowest BCUT2D eigenvalue weighted by atomic mass is 10.1. The molecule has 132 valence electrons. The molecule has 8 heteroatoms. The van der Waals surface area contributed by atoms with Crippen molar-refractivity contribution >= 4 is 15.5 Å². The van der Waals surface area contributed by atoms with Crippen LogP contribution in [0.25, 0.3) is 11.3 Å². The summed E-state index contributed by atoms with van der Waals surface area (Å²) < 4.78 is 28.9. The average Bonchev–Trinajstić information content (AvgIpc) is 2.62. The van der Waals surface area contributed by atoms with Crippen LogP contribution in [-0.4, -0.2) is 24.6 Å². The lowest BCUT2D eigenvalue weighted by molar-refractivity contribution is -0.384. The first-order valence-electron chi connectivity index (χ1n) is 7.53. The van der Waals surface area contributed by atoms with E-state index >= 15 is 0 Å². The van der Waals surface area contributed by atoms with Crippen LogP contribution in [0.4, 0.5) is 5.69 Å². The van der Waals surface area contributed by atoms with Crippen LogP contribution in [0.5, 0.6) is 11.6 Å². The second-order valence-corrected chi connectivity index (χ2v) is 7.51. The maximum atomic E-state index is 11.7. The summed E-state index contributed by atoms with van der Waals surface area (Å²) in [6, 6.07) is 17.4. The van der Waals surface area contributed by atoms with Gasteiger partial charge in [-0.05, 0) is 18.2 Å². The molecule has 0 unspecified atom stereocenters. The van der Waals surface area contributed by atoms with Crippen LogP contribution in [0.3, 0.4) is 0 Å². The molecular formula is C18H14N2O5S. The quantitative estimate of drug-likeness (QED) is 0.499. The second-order valence-electron chi connectivity index (χ2n) is 5.49. The third-order valence-corrected chi connectivity index (χ3v) is 4.66. The Bertz CT molecular complexity index is 1070. The fraction of sp³-hybridized carbons (Fsp3) is 0.0556. The van der Waals surface area contributed by atoms with Crippen LogP contribution < -0.4 is 4.74 Å². The Morgan fingerprint density at radius 2 is 1.73 bits per heavy atom. The minimum absolute atomic E-state index is 0.111. The predicted molar refractivity (Wildman–Crippen MR) is 96.0 cm³/mol. The highest BCUT2D eigenvalue weighted by Crippen LogP contribution is 2.31. The number of hydrogen-bond donors (Lipinski definition) is 0. The van der Waals surface area contributed by atoms with Gasteiger partial charge >= 0.3 is 0 Å². The highest BCUT2D eigenvalue weighted by Gasteiger charge is 2.18. The Morgan fingerprint density at radius 3 is 2.38 bits per heavy atom. The van der Waals surface area contributed by atoms with Crippen molar-refractivity contribution in [3.05, 3.63) is 76.8 Å². The number of pyridine rings is 1. The Morgan fingerprint density at radius 1 is 1.00 bits per heavy atom. The van der Waals surface area contributed by atoms with E-state index in [1.165, 1.54) is 24.3 Å². The number of nitro groups is 1. The molecule has 0 N–H and O–H groups in total. The molecule has 0 radical (unpaired) electrons. The molecule has 0 amide bonds. The second kappa shape index (κ2) is 6.93. The van der Waals surface area contributed by atoms with Gasteiger partial charge in [0, 0.05) is 24.0 Å². The first-order valence-corrected chi connectivity index (χ1v) is 9.42. The van der Waals surface area contributed by atoms with Gasteiger partial charge in [-0.1, -0.05) is 36.4 Å². The lowest BCUT2D eigenvalue weighted by Gasteiger charge is -2.08. The van der Waals surface area contributed by atoms with Crippen molar-refractivity contribution in [2.24, 2.45) is 0 Å². The summed E-state index contributed by atoms with van der Waals surface area (Å²) in [7, 11) is -3.38. The van der Waals surface area contributed by atoms with E-state index in [-0.39, 0.29) is 27.9 Å². The van der Waals surface area contributed by atoms with E-state index in [0.29, 0.717) is 5.56 Å². The minimum Gasteiger partial charge on any atom is -0.439 e. The first-order chi connectivity index (χ1) is 12.3. The van der Waals surface area contributed by atoms with Crippen molar-refractivity contribution < 1.29 is 18.1 Å². The maximum absolute atomic E-state index is 11.7. The summed E-state index contributed by atoms with van der Waals surface area (Å²) in [5, 5.41) is 11.3. The van der Waals surface area contributed by atoms with Gasteiger partial charge in [0.05, 0.1) is 9.82 Å². The van der Waals surface area contributed by atoms with Gasteiger partial charge in [0.15, 0.2) is 15.5 Å². The zero-order valence-corrected chi connectivity index (χ0v) is 14.5. The maximum Gasteiger partial charge on any atom is 0.295 e. The van der Waals surface area contributed by atoms with Crippen LogP contribution in [0.1, 0.15) is 0 Å². The van der Waals surface area contributed by atoms with Crippen LogP contribution in [0.2, 0.25) is 0 Å². The summed E-state index contributed by atoms with van der Waals surface area (Å²) in [6.07, 6.45) is 1.10. The van der Waals surface area contributed by atoms with Crippen molar-refractivity contribution in [1.82, 2.24) is 4.98 Å². The Hall–Kier alpha value is -3.26. The third-order valence-electron chi connectivity index (χ3n) is 3.55. The third kappa shape index (κ3) is 3.86. The molecule has 3 aromatic rings. The van der Waals surface area contributed by atoms with Gasteiger partial charge in [-0.3, -0.25) is 10.1 Å². The normalized spacial score (nSPS) is 11.1. The molecule has 0 aliphatic heterocycles. The van der Waals surface area contributed by atoms with Crippen molar-refractivity contribution in [2.75, 3.05) is 6.26 Å². The van der Waals surface area contributed by atoms with Crippen LogP contribution in [0.15, 0.2) is 71.6 Å². The highest BCUT2D eigenvalue weighted by molar-refractivity contribution is 7.90. The molecule has 1 heterocycles. The molecular weight excluding hydrogens is 356 g/mol. The number of sulfone groups is 1. The van der Waals surface area contributed by atoms with E-state index in [1.807, 2.05) is 0 Å². The molecule has 2 aromatic carbocycles. The van der Waals surface area contributed by atoms with Gasteiger partial charge in [0.1, 0.15) is 5.75 Å². The molecule has 0 aliphatic carbocycles. The van der Waals surface area contributed by atoms with E-state index < -0.39 is 14.8 Å². The van der Waals surface area contributed by atoms with Crippen LogP contribution in [0, 0.1) is 10.1 Å². The van der Waals surface area contributed by atoms with Gasteiger partial charge in [-0.2, -0.15) is 0 Å². The molecule has 0 saturated carbocycles. The summed E-state index contributed by atoms with van der Waals surface area (Å²) in [4.78, 5) is 15.1. The van der Waals surface area contributed by atoms with Crippen LogP contribution >= 0.6 is 0 Å². The molecule has 0 atom stereocenters. The predicted octanol–water partition coefficient (Wildman–Crippen LogP) is 3.85.